The Morgan fingerprint density at radius 3 is 2.23 bits per heavy atom. The third-order valence-corrected chi connectivity index (χ3v) is 2.06. The van der Waals surface area contributed by atoms with Gasteiger partial charge in [0.1, 0.15) is 30.5 Å². The second-order valence-electron chi connectivity index (χ2n) is 2.92. The van der Waals surface area contributed by atoms with Crippen LogP contribution in [0, 0.1) is 12.3 Å². The lowest BCUT2D eigenvalue weighted by atomic mass is 9.96. The van der Waals surface area contributed by atoms with Crippen LogP contribution in [0.5, 0.6) is 0 Å². The number of hydrogen-bond acceptors (Lipinski definition) is 5. The van der Waals surface area contributed by atoms with Crippen molar-refractivity contribution in [1.82, 2.24) is 0 Å². The molecular formula is C8H12O5. The highest BCUT2D eigenvalue weighted by atomic mass is 16.5. The lowest BCUT2D eigenvalue weighted by Gasteiger charge is -2.37. The topological polar surface area (TPSA) is 90.2 Å². The van der Waals surface area contributed by atoms with E-state index < -0.39 is 37.1 Å². The molecule has 0 aromatic heterocycles. The molecule has 4 N–H and O–H groups in total. The van der Waals surface area contributed by atoms with Crippen LogP contribution < -0.4 is 0 Å². The van der Waals surface area contributed by atoms with E-state index in [-0.39, 0.29) is 0 Å². The average molecular weight is 188 g/mol. The van der Waals surface area contributed by atoms with Crippen molar-refractivity contribution < 1.29 is 25.2 Å². The summed E-state index contributed by atoms with van der Waals surface area (Å²) in [4.78, 5) is 0. The first-order chi connectivity index (χ1) is 6.11. The van der Waals surface area contributed by atoms with Gasteiger partial charge in [0, 0.05) is 0 Å². The summed E-state index contributed by atoms with van der Waals surface area (Å²) in [5, 5.41) is 36.5. The second kappa shape index (κ2) is 4.05. The minimum Gasteiger partial charge on any atom is -0.394 e. The predicted molar refractivity (Wildman–Crippen MR) is 42.6 cm³/mol. The summed E-state index contributed by atoms with van der Waals surface area (Å²) in [7, 11) is 0. The molecule has 1 saturated heterocycles. The number of hydrogen-bond donors (Lipinski definition) is 4. The first kappa shape index (κ1) is 10.4. The lowest BCUT2D eigenvalue weighted by molar-refractivity contribution is -0.214. The fourth-order valence-corrected chi connectivity index (χ4v) is 1.24. The Kier molecular flexibility index (Phi) is 3.25. The zero-order chi connectivity index (χ0) is 10.0. The van der Waals surface area contributed by atoms with E-state index >= 15 is 0 Å². The molecule has 5 heteroatoms. The van der Waals surface area contributed by atoms with Crippen molar-refractivity contribution in [2.75, 3.05) is 6.61 Å². The van der Waals surface area contributed by atoms with E-state index in [1.54, 1.807) is 0 Å². The molecule has 5 nitrogen and oxygen atoms in total. The third-order valence-electron chi connectivity index (χ3n) is 2.06. The quantitative estimate of drug-likeness (QED) is 0.340. The van der Waals surface area contributed by atoms with Gasteiger partial charge < -0.3 is 25.2 Å². The SMILES string of the molecule is C#C[C@H]1O[C@H](CO)[C@@H](O)[C@H](O)[C@H]1O. The van der Waals surface area contributed by atoms with Gasteiger partial charge in [-0.1, -0.05) is 5.92 Å². The maximum atomic E-state index is 9.26. The number of ether oxygens (including phenoxy) is 1. The van der Waals surface area contributed by atoms with Crippen molar-refractivity contribution in [3.63, 3.8) is 0 Å². The zero-order valence-corrected chi connectivity index (χ0v) is 6.87. The summed E-state index contributed by atoms with van der Waals surface area (Å²) in [6, 6.07) is 0. The molecule has 0 bridgehead atoms. The van der Waals surface area contributed by atoms with Gasteiger partial charge in [0.25, 0.3) is 0 Å². The van der Waals surface area contributed by atoms with Gasteiger partial charge >= 0.3 is 0 Å². The van der Waals surface area contributed by atoms with Crippen molar-refractivity contribution in [3.8, 4) is 12.3 Å². The van der Waals surface area contributed by atoms with E-state index in [1.165, 1.54) is 0 Å². The number of rotatable bonds is 1. The summed E-state index contributed by atoms with van der Waals surface area (Å²) in [5.74, 6) is 2.11. The fourth-order valence-electron chi connectivity index (χ4n) is 1.24. The molecule has 0 radical (unpaired) electrons. The van der Waals surface area contributed by atoms with E-state index in [0.29, 0.717) is 0 Å². The summed E-state index contributed by atoms with van der Waals surface area (Å²) in [5.41, 5.74) is 0. The fraction of sp³-hybridized carbons (Fsp3) is 0.750. The molecule has 13 heavy (non-hydrogen) atoms. The van der Waals surface area contributed by atoms with Crippen molar-refractivity contribution in [2.24, 2.45) is 0 Å². The van der Waals surface area contributed by atoms with Gasteiger partial charge in [-0.2, -0.15) is 0 Å². The van der Waals surface area contributed by atoms with Gasteiger partial charge in [-0.25, -0.2) is 0 Å². The van der Waals surface area contributed by atoms with Crippen molar-refractivity contribution in [2.45, 2.75) is 30.5 Å². The van der Waals surface area contributed by atoms with E-state index in [2.05, 4.69) is 5.92 Å². The van der Waals surface area contributed by atoms with Crippen LogP contribution in [-0.2, 0) is 4.74 Å². The number of aliphatic hydroxyl groups excluding tert-OH is 4. The molecule has 1 aliphatic heterocycles. The zero-order valence-electron chi connectivity index (χ0n) is 6.87. The van der Waals surface area contributed by atoms with Crippen LogP contribution in [0.2, 0.25) is 0 Å². The van der Waals surface area contributed by atoms with E-state index in [9.17, 15) is 15.3 Å². The summed E-state index contributed by atoms with van der Waals surface area (Å²) in [6.45, 7) is -0.455. The highest BCUT2D eigenvalue weighted by Crippen LogP contribution is 2.20. The Bertz CT molecular complexity index is 209. The molecule has 0 unspecified atom stereocenters. The molecule has 1 aliphatic rings. The second-order valence-corrected chi connectivity index (χ2v) is 2.92. The van der Waals surface area contributed by atoms with Crippen molar-refractivity contribution in [1.29, 1.82) is 0 Å². The van der Waals surface area contributed by atoms with Crippen LogP contribution in [0.15, 0.2) is 0 Å². The van der Waals surface area contributed by atoms with Gasteiger partial charge in [0.2, 0.25) is 0 Å². The molecule has 5 atom stereocenters. The van der Waals surface area contributed by atoms with Crippen LogP contribution >= 0.6 is 0 Å². The van der Waals surface area contributed by atoms with Gasteiger partial charge in [0.05, 0.1) is 6.61 Å². The minimum absolute atomic E-state index is 0.455. The Labute approximate surface area is 75.6 Å². The van der Waals surface area contributed by atoms with Gasteiger partial charge in [-0.05, 0) is 0 Å². The van der Waals surface area contributed by atoms with Crippen molar-refractivity contribution in [3.05, 3.63) is 0 Å². The molecule has 0 amide bonds. The Morgan fingerprint density at radius 1 is 1.15 bits per heavy atom. The van der Waals surface area contributed by atoms with Gasteiger partial charge in [-0.3, -0.25) is 0 Å². The highest BCUT2D eigenvalue weighted by Gasteiger charge is 2.42. The average Bonchev–Trinajstić information content (AvgIpc) is 2.15. The smallest absolute Gasteiger partial charge is 0.146 e. The molecule has 0 aromatic rings. The maximum absolute atomic E-state index is 9.26. The van der Waals surface area contributed by atoms with Crippen molar-refractivity contribution >= 4 is 0 Å². The Balaban J connectivity index is 2.73. The molecule has 74 valence electrons. The maximum Gasteiger partial charge on any atom is 0.146 e. The lowest BCUT2D eigenvalue weighted by Crippen LogP contribution is -2.58. The first-order valence-corrected chi connectivity index (χ1v) is 3.88. The molecule has 0 spiro atoms. The summed E-state index contributed by atoms with van der Waals surface area (Å²) in [6.07, 6.45) is -0.941. The molecule has 0 saturated carbocycles. The molecule has 1 heterocycles. The van der Waals surface area contributed by atoms with Gasteiger partial charge in [0.15, 0.2) is 0 Å². The largest absolute Gasteiger partial charge is 0.394 e. The first-order valence-electron chi connectivity index (χ1n) is 3.88. The molecule has 0 aliphatic carbocycles. The van der Waals surface area contributed by atoms with Crippen LogP contribution in [0.3, 0.4) is 0 Å². The standard InChI is InChI=1S/C8H12O5/c1-2-4-6(10)8(12)7(11)5(3-9)13-4/h1,4-12H,3H2/t4-,5-,6+,7-,8-/m1/s1. The van der Waals surface area contributed by atoms with Crippen LogP contribution in [0.25, 0.3) is 0 Å². The van der Waals surface area contributed by atoms with E-state index in [1.807, 2.05) is 0 Å². The summed E-state index contributed by atoms with van der Waals surface area (Å²) >= 11 is 0. The van der Waals surface area contributed by atoms with Crippen LogP contribution in [0.4, 0.5) is 0 Å². The number of terminal acetylenes is 1. The highest BCUT2D eigenvalue weighted by molar-refractivity contribution is 5.05. The number of aliphatic hydroxyl groups is 4. The summed E-state index contributed by atoms with van der Waals surface area (Å²) < 4.78 is 4.93. The Hall–Kier alpha value is -0.640. The normalized spacial score (nSPS) is 45.6. The molecule has 1 fully saturated rings. The van der Waals surface area contributed by atoms with Gasteiger partial charge in [-0.15, -0.1) is 6.42 Å². The monoisotopic (exact) mass is 188 g/mol. The predicted octanol–water partition coefficient (Wildman–Crippen LogP) is -2.54. The third kappa shape index (κ3) is 1.82. The molecular weight excluding hydrogens is 176 g/mol. The van der Waals surface area contributed by atoms with E-state index in [4.69, 9.17) is 16.3 Å². The minimum atomic E-state index is -1.38. The van der Waals surface area contributed by atoms with Crippen LogP contribution in [-0.4, -0.2) is 57.6 Å². The Morgan fingerprint density at radius 2 is 1.77 bits per heavy atom. The van der Waals surface area contributed by atoms with E-state index in [0.717, 1.165) is 0 Å². The molecule has 1 rings (SSSR count). The molecule has 0 aromatic carbocycles. The van der Waals surface area contributed by atoms with Crippen LogP contribution in [0.1, 0.15) is 0 Å².